The van der Waals surface area contributed by atoms with E-state index in [-0.39, 0.29) is 0 Å². The van der Waals surface area contributed by atoms with Crippen LogP contribution < -0.4 is 5.32 Å². The molecule has 0 unspecified atom stereocenters. The summed E-state index contributed by atoms with van der Waals surface area (Å²) in [5, 5.41) is 22.1. The molecule has 3 aromatic carbocycles. The van der Waals surface area contributed by atoms with E-state index in [9.17, 15) is 9.59 Å². The van der Waals surface area contributed by atoms with Crippen LogP contribution in [0.2, 0.25) is 0 Å². The van der Waals surface area contributed by atoms with E-state index in [1.807, 2.05) is 0 Å². The number of nitrogens with zero attached hydrogens (tertiary/aromatic N) is 1. The van der Waals surface area contributed by atoms with Gasteiger partial charge in [-0.15, -0.1) is 0 Å². The summed E-state index contributed by atoms with van der Waals surface area (Å²) in [7, 11) is 0. The van der Waals surface area contributed by atoms with Crippen molar-refractivity contribution in [2.75, 3.05) is 19.6 Å². The Bertz CT molecular complexity index is 1090. The second kappa shape index (κ2) is 12.7. The molecule has 0 aromatic heterocycles. The number of nitrogens with one attached hydrogen (secondary N) is 1. The number of carbonyl (C=O) groups is 2. The van der Waals surface area contributed by atoms with Crippen molar-refractivity contribution in [3.63, 3.8) is 0 Å². The molecule has 6 heteroatoms. The van der Waals surface area contributed by atoms with Crippen LogP contribution in [0.25, 0.3) is 10.8 Å². The minimum atomic E-state index is -1.26. The summed E-state index contributed by atoms with van der Waals surface area (Å²) < 4.78 is 0. The van der Waals surface area contributed by atoms with E-state index in [0.717, 1.165) is 19.0 Å². The smallest absolute Gasteiger partial charge is 0.328 e. The summed E-state index contributed by atoms with van der Waals surface area (Å²) >= 11 is 0. The van der Waals surface area contributed by atoms with E-state index in [4.69, 9.17) is 10.2 Å². The Kier molecular flexibility index (Phi) is 9.38. The number of likely N-dealkylation sites (tertiary alicyclic amines) is 1. The predicted molar refractivity (Wildman–Crippen MR) is 135 cm³/mol. The summed E-state index contributed by atoms with van der Waals surface area (Å²) in [6.45, 7) is 6.87. The summed E-state index contributed by atoms with van der Waals surface area (Å²) in [5.41, 5.74) is 2.83. The molecule has 1 aliphatic heterocycles. The third-order valence-corrected chi connectivity index (χ3v) is 5.99. The van der Waals surface area contributed by atoms with Gasteiger partial charge in [0, 0.05) is 31.3 Å². The van der Waals surface area contributed by atoms with E-state index >= 15 is 0 Å². The molecule has 1 fully saturated rings. The highest BCUT2D eigenvalue weighted by Crippen LogP contribution is 2.25. The summed E-state index contributed by atoms with van der Waals surface area (Å²) in [6, 6.07) is 26.5. The Morgan fingerprint density at radius 3 is 2.32 bits per heavy atom. The van der Waals surface area contributed by atoms with Crippen molar-refractivity contribution in [2.24, 2.45) is 5.92 Å². The van der Waals surface area contributed by atoms with Gasteiger partial charge < -0.3 is 15.5 Å². The number of carboxylic acid groups (broad SMARTS) is 2. The molecule has 1 heterocycles. The Morgan fingerprint density at radius 2 is 1.62 bits per heavy atom. The van der Waals surface area contributed by atoms with Crippen LogP contribution in [0.1, 0.15) is 30.5 Å². The number of fused-ring (bicyclic) bond motifs is 1. The van der Waals surface area contributed by atoms with Gasteiger partial charge in [0.1, 0.15) is 0 Å². The Balaban J connectivity index is 0.000000350. The van der Waals surface area contributed by atoms with Gasteiger partial charge in [0.05, 0.1) is 0 Å². The predicted octanol–water partition coefficient (Wildman–Crippen LogP) is 4.72. The second-order valence-electron chi connectivity index (χ2n) is 8.58. The zero-order valence-electron chi connectivity index (χ0n) is 19.4. The third-order valence-electron chi connectivity index (χ3n) is 5.99. The van der Waals surface area contributed by atoms with Crippen molar-refractivity contribution < 1.29 is 19.8 Å². The fourth-order valence-corrected chi connectivity index (χ4v) is 4.29. The first-order chi connectivity index (χ1) is 16.4. The van der Waals surface area contributed by atoms with Crippen molar-refractivity contribution in [3.8, 4) is 0 Å². The summed E-state index contributed by atoms with van der Waals surface area (Å²) in [5.74, 6) is -1.77. The maximum absolute atomic E-state index is 9.55. The van der Waals surface area contributed by atoms with Crippen molar-refractivity contribution >= 4 is 22.7 Å². The highest BCUT2D eigenvalue weighted by molar-refractivity contribution is 5.89. The SMILES string of the molecule is C[C@@H](NC[C@H]1CCN(Cc2ccccc2)C1)c1cccc2ccccc12.O=C(O)/C=C/C(=O)O. The van der Waals surface area contributed by atoms with Crippen molar-refractivity contribution in [2.45, 2.75) is 25.9 Å². The van der Waals surface area contributed by atoms with Crippen LogP contribution in [0.3, 0.4) is 0 Å². The van der Waals surface area contributed by atoms with Gasteiger partial charge in [-0.2, -0.15) is 0 Å². The molecule has 0 radical (unpaired) electrons. The molecule has 34 heavy (non-hydrogen) atoms. The first-order valence-corrected chi connectivity index (χ1v) is 11.5. The van der Waals surface area contributed by atoms with Crippen LogP contribution in [0.15, 0.2) is 84.9 Å². The highest BCUT2D eigenvalue weighted by Gasteiger charge is 2.23. The Morgan fingerprint density at radius 1 is 0.971 bits per heavy atom. The van der Waals surface area contributed by atoms with Crippen molar-refractivity contribution in [1.29, 1.82) is 0 Å². The van der Waals surface area contributed by atoms with Crippen LogP contribution in [0, 0.1) is 5.92 Å². The van der Waals surface area contributed by atoms with Gasteiger partial charge in [0.15, 0.2) is 0 Å². The molecule has 178 valence electrons. The van der Waals surface area contributed by atoms with Crippen LogP contribution in [-0.4, -0.2) is 46.7 Å². The normalized spacial score (nSPS) is 16.8. The summed E-state index contributed by atoms with van der Waals surface area (Å²) in [4.78, 5) is 21.7. The lowest BCUT2D eigenvalue weighted by molar-refractivity contribution is -0.134. The molecule has 6 nitrogen and oxygen atoms in total. The van der Waals surface area contributed by atoms with Gasteiger partial charge in [0.25, 0.3) is 0 Å². The number of hydrogen-bond acceptors (Lipinski definition) is 4. The van der Waals surface area contributed by atoms with E-state index in [0.29, 0.717) is 18.2 Å². The average Bonchev–Trinajstić information content (AvgIpc) is 3.29. The largest absolute Gasteiger partial charge is 0.478 e. The van der Waals surface area contributed by atoms with Crippen molar-refractivity contribution in [1.82, 2.24) is 10.2 Å². The molecule has 3 N–H and O–H groups in total. The molecule has 1 saturated heterocycles. The Labute approximate surface area is 200 Å². The molecule has 2 atom stereocenters. The quantitative estimate of drug-likeness (QED) is 0.421. The lowest BCUT2D eigenvalue weighted by Gasteiger charge is -2.20. The molecule has 0 saturated carbocycles. The van der Waals surface area contributed by atoms with E-state index < -0.39 is 11.9 Å². The zero-order valence-corrected chi connectivity index (χ0v) is 19.4. The minimum absolute atomic E-state index is 0.379. The monoisotopic (exact) mass is 460 g/mol. The van der Waals surface area contributed by atoms with E-state index in [2.05, 4.69) is 89.9 Å². The molecule has 3 aromatic rings. The molecule has 0 spiro atoms. The molecular weight excluding hydrogens is 428 g/mol. The average molecular weight is 461 g/mol. The first-order valence-electron chi connectivity index (χ1n) is 11.5. The van der Waals surface area contributed by atoms with Crippen LogP contribution >= 0.6 is 0 Å². The zero-order chi connectivity index (χ0) is 24.3. The molecular formula is C28H32N2O4. The van der Waals surface area contributed by atoms with Crippen LogP contribution in [0.5, 0.6) is 0 Å². The van der Waals surface area contributed by atoms with Gasteiger partial charge in [-0.1, -0.05) is 72.8 Å². The van der Waals surface area contributed by atoms with Gasteiger partial charge in [-0.05, 0) is 54.3 Å². The highest BCUT2D eigenvalue weighted by atomic mass is 16.4. The van der Waals surface area contributed by atoms with Crippen LogP contribution in [0.4, 0.5) is 0 Å². The lowest BCUT2D eigenvalue weighted by Crippen LogP contribution is -2.28. The standard InChI is InChI=1S/C24H28N2.C4H4O4/c1-19(23-13-7-11-22-10-5-6-12-24(22)23)25-16-21-14-15-26(18-21)17-20-8-3-2-4-9-20;5-3(6)1-2-4(7)8/h2-13,19,21,25H,14-18H2,1H3;1-2H,(H,5,6)(H,7,8)/b;2-1+/t19-,21-;/m1./s1. The molecule has 1 aliphatic rings. The van der Waals surface area contributed by atoms with Gasteiger partial charge in [-0.3, -0.25) is 4.90 Å². The topological polar surface area (TPSA) is 89.9 Å². The molecule has 0 amide bonds. The van der Waals surface area contributed by atoms with Crippen molar-refractivity contribution in [3.05, 3.63) is 96.1 Å². The van der Waals surface area contributed by atoms with E-state index in [1.165, 1.54) is 41.4 Å². The number of carboxylic acids is 2. The second-order valence-corrected chi connectivity index (χ2v) is 8.58. The van der Waals surface area contributed by atoms with Gasteiger partial charge >= 0.3 is 11.9 Å². The molecule has 0 bridgehead atoms. The van der Waals surface area contributed by atoms with Gasteiger partial charge in [-0.25, -0.2) is 9.59 Å². The minimum Gasteiger partial charge on any atom is -0.478 e. The summed E-state index contributed by atoms with van der Waals surface area (Å²) in [6.07, 6.45) is 2.41. The molecule has 0 aliphatic carbocycles. The Hall–Kier alpha value is -3.48. The van der Waals surface area contributed by atoms with E-state index in [1.54, 1.807) is 0 Å². The van der Waals surface area contributed by atoms with Gasteiger partial charge in [0.2, 0.25) is 0 Å². The van der Waals surface area contributed by atoms with Crippen LogP contribution in [-0.2, 0) is 16.1 Å². The molecule has 4 rings (SSSR count). The fraction of sp³-hybridized carbons (Fsp3) is 0.286. The number of benzene rings is 3. The number of rotatable bonds is 8. The lowest BCUT2D eigenvalue weighted by atomic mass is 9.99. The number of aliphatic carboxylic acids is 2. The number of hydrogen-bond donors (Lipinski definition) is 3. The first kappa shape index (κ1) is 25.1. The maximum atomic E-state index is 9.55. The fourth-order valence-electron chi connectivity index (χ4n) is 4.29. The maximum Gasteiger partial charge on any atom is 0.328 e. The third kappa shape index (κ3) is 7.83.